The molecule has 11 heteroatoms. The van der Waals surface area contributed by atoms with Gasteiger partial charge in [0.05, 0.1) is 23.7 Å². The molecule has 0 saturated carbocycles. The summed E-state index contributed by atoms with van der Waals surface area (Å²) in [6.07, 6.45) is -0.0459. The number of anilines is 1. The van der Waals surface area contributed by atoms with Crippen LogP contribution in [0, 0.1) is 0 Å². The van der Waals surface area contributed by atoms with Gasteiger partial charge in [-0.2, -0.15) is 0 Å². The molecule has 4 rings (SSSR count). The number of hydrogen-bond acceptors (Lipinski definition) is 7. The maximum Gasteiger partial charge on any atom is 0.573 e. The van der Waals surface area contributed by atoms with Crippen molar-refractivity contribution >= 4 is 16.7 Å². The van der Waals surface area contributed by atoms with Crippen LogP contribution in [-0.2, 0) is 7.05 Å². The van der Waals surface area contributed by atoms with Gasteiger partial charge in [-0.1, -0.05) is 0 Å². The summed E-state index contributed by atoms with van der Waals surface area (Å²) in [5.41, 5.74) is 0.849. The monoisotopic (exact) mass is 406 g/mol. The summed E-state index contributed by atoms with van der Waals surface area (Å²) in [6, 6.07) is 2.65. The maximum absolute atomic E-state index is 12.8. The number of aryl methyl sites for hydroxylation is 1. The van der Waals surface area contributed by atoms with E-state index in [2.05, 4.69) is 30.3 Å². The Bertz CT molecular complexity index is 1090. The molecule has 4 heterocycles. The van der Waals surface area contributed by atoms with Crippen LogP contribution in [0.1, 0.15) is 6.42 Å². The number of hydrogen-bond donors (Lipinski definition) is 2. The van der Waals surface area contributed by atoms with Crippen molar-refractivity contribution in [2.24, 2.45) is 7.05 Å². The molecule has 3 aromatic rings. The van der Waals surface area contributed by atoms with Gasteiger partial charge in [-0.25, -0.2) is 9.97 Å². The van der Waals surface area contributed by atoms with E-state index in [1.54, 1.807) is 7.05 Å². The lowest BCUT2D eigenvalue weighted by molar-refractivity contribution is -0.274. The van der Waals surface area contributed by atoms with Gasteiger partial charge in [-0.05, 0) is 25.1 Å². The summed E-state index contributed by atoms with van der Waals surface area (Å²) in [5, 5.41) is 6.81. The van der Waals surface area contributed by atoms with Gasteiger partial charge >= 0.3 is 6.36 Å². The molecule has 0 unspecified atom stereocenters. The number of fused-ring (bicyclic) bond motifs is 1. The van der Waals surface area contributed by atoms with Crippen molar-refractivity contribution < 1.29 is 17.9 Å². The smallest absolute Gasteiger partial charge is 0.404 e. The second-order valence-corrected chi connectivity index (χ2v) is 6.67. The first-order chi connectivity index (χ1) is 13.8. The second-order valence-electron chi connectivity index (χ2n) is 6.67. The van der Waals surface area contributed by atoms with Crippen molar-refractivity contribution in [3.8, 4) is 17.0 Å². The Kier molecular flexibility index (Phi) is 4.82. The highest BCUT2D eigenvalue weighted by Crippen LogP contribution is 2.29. The minimum absolute atomic E-state index is 0.137. The van der Waals surface area contributed by atoms with Gasteiger partial charge < -0.3 is 19.9 Å². The molecular formula is C18H17F3N6O2. The summed E-state index contributed by atoms with van der Waals surface area (Å²) in [5.74, 6) is -0.0161. The number of nitrogens with zero attached hydrogens (tertiary/aromatic N) is 4. The van der Waals surface area contributed by atoms with Crippen molar-refractivity contribution in [2.75, 3.05) is 18.4 Å². The Labute approximate surface area is 162 Å². The average molecular weight is 406 g/mol. The molecule has 152 valence electrons. The van der Waals surface area contributed by atoms with Gasteiger partial charge in [0, 0.05) is 31.4 Å². The molecule has 0 bridgehead atoms. The summed E-state index contributed by atoms with van der Waals surface area (Å²) in [6.45, 7) is 1.63. The molecule has 29 heavy (non-hydrogen) atoms. The fraction of sp³-hybridized carbons (Fsp3) is 0.333. The number of pyridine rings is 2. The van der Waals surface area contributed by atoms with E-state index in [-0.39, 0.29) is 11.6 Å². The van der Waals surface area contributed by atoms with Gasteiger partial charge in [0.25, 0.3) is 5.56 Å². The Balaban J connectivity index is 1.77. The molecule has 1 saturated heterocycles. The molecule has 8 nitrogen and oxygen atoms in total. The fourth-order valence-electron chi connectivity index (χ4n) is 3.21. The molecule has 0 amide bonds. The second kappa shape index (κ2) is 7.32. The summed E-state index contributed by atoms with van der Waals surface area (Å²) >= 11 is 0. The normalized spacial score (nSPS) is 16.9. The molecule has 2 N–H and O–H groups in total. The van der Waals surface area contributed by atoms with Crippen LogP contribution >= 0.6 is 0 Å². The number of aromatic nitrogens is 4. The zero-order valence-corrected chi connectivity index (χ0v) is 15.3. The lowest BCUT2D eigenvalue weighted by atomic mass is 10.1. The van der Waals surface area contributed by atoms with Gasteiger partial charge in [-0.3, -0.25) is 9.78 Å². The predicted molar refractivity (Wildman–Crippen MR) is 99.6 cm³/mol. The van der Waals surface area contributed by atoms with Crippen LogP contribution in [0.2, 0.25) is 0 Å². The van der Waals surface area contributed by atoms with Crippen molar-refractivity contribution in [1.82, 2.24) is 24.8 Å². The molecule has 0 radical (unpaired) electrons. The van der Waals surface area contributed by atoms with Gasteiger partial charge in [0.2, 0.25) is 0 Å². The first-order valence-corrected chi connectivity index (χ1v) is 8.85. The van der Waals surface area contributed by atoms with Crippen LogP contribution in [0.15, 0.2) is 35.6 Å². The minimum Gasteiger partial charge on any atom is -0.404 e. The Morgan fingerprint density at radius 1 is 1.24 bits per heavy atom. The van der Waals surface area contributed by atoms with E-state index in [4.69, 9.17) is 0 Å². The molecular weight excluding hydrogens is 389 g/mol. The lowest BCUT2D eigenvalue weighted by Gasteiger charge is -2.15. The molecule has 3 aromatic heterocycles. The predicted octanol–water partition coefficient (Wildman–Crippen LogP) is 2.06. The minimum atomic E-state index is -4.80. The van der Waals surface area contributed by atoms with E-state index in [0.29, 0.717) is 28.0 Å². The van der Waals surface area contributed by atoms with E-state index in [1.807, 2.05) is 0 Å². The largest absolute Gasteiger partial charge is 0.573 e. The van der Waals surface area contributed by atoms with Crippen LogP contribution in [0.3, 0.4) is 0 Å². The van der Waals surface area contributed by atoms with Crippen molar-refractivity contribution in [3.63, 3.8) is 0 Å². The standard InChI is InChI=1S/C18H17F3N6O2/c1-27-9-25-15-12(13-3-2-11(7-23-13)29-18(19,20)21)8-24-16(14(15)17(27)28)26-10-4-5-22-6-10/h2-3,7-10,22H,4-6H2,1H3,(H,24,26)/t10-/m0/s1. The van der Waals surface area contributed by atoms with Crippen LogP contribution in [0.4, 0.5) is 19.0 Å². The third-order valence-electron chi connectivity index (χ3n) is 4.59. The van der Waals surface area contributed by atoms with E-state index in [1.165, 1.54) is 23.2 Å². The van der Waals surface area contributed by atoms with Crippen molar-refractivity contribution in [2.45, 2.75) is 18.8 Å². The van der Waals surface area contributed by atoms with Gasteiger partial charge in [-0.15, -0.1) is 13.2 Å². The van der Waals surface area contributed by atoms with Crippen molar-refractivity contribution in [3.05, 3.63) is 41.2 Å². The van der Waals surface area contributed by atoms with E-state index in [9.17, 15) is 18.0 Å². The molecule has 0 aromatic carbocycles. The van der Waals surface area contributed by atoms with E-state index < -0.39 is 12.1 Å². The molecule has 1 fully saturated rings. The molecule has 1 aliphatic rings. The highest BCUT2D eigenvalue weighted by Gasteiger charge is 2.31. The Morgan fingerprint density at radius 3 is 2.72 bits per heavy atom. The number of rotatable bonds is 4. The Hall–Kier alpha value is -3.21. The molecule has 1 aliphatic heterocycles. The summed E-state index contributed by atoms with van der Waals surface area (Å²) < 4.78 is 42.2. The van der Waals surface area contributed by atoms with Crippen LogP contribution in [-0.4, -0.2) is 45.0 Å². The highest BCUT2D eigenvalue weighted by molar-refractivity contribution is 5.97. The van der Waals surface area contributed by atoms with E-state index in [0.717, 1.165) is 31.8 Å². The van der Waals surface area contributed by atoms with E-state index >= 15 is 0 Å². The number of ether oxygens (including phenoxy) is 1. The molecule has 0 spiro atoms. The van der Waals surface area contributed by atoms with Gasteiger partial charge in [0.1, 0.15) is 17.0 Å². The third-order valence-corrected chi connectivity index (χ3v) is 4.59. The number of halogens is 3. The highest BCUT2D eigenvalue weighted by atomic mass is 19.4. The average Bonchev–Trinajstić information content (AvgIpc) is 3.17. The van der Waals surface area contributed by atoms with Crippen molar-refractivity contribution in [1.29, 1.82) is 0 Å². The zero-order chi connectivity index (χ0) is 20.6. The summed E-state index contributed by atoms with van der Waals surface area (Å²) in [4.78, 5) is 25.5. The van der Waals surface area contributed by atoms with Crippen LogP contribution in [0.25, 0.3) is 22.2 Å². The van der Waals surface area contributed by atoms with Crippen LogP contribution in [0.5, 0.6) is 5.75 Å². The number of alkyl halides is 3. The SMILES string of the molecule is Cn1cnc2c(-c3ccc(OC(F)(F)F)cn3)cnc(N[C@H]3CCNC3)c2c1=O. The topological polar surface area (TPSA) is 94.0 Å². The zero-order valence-electron chi connectivity index (χ0n) is 15.3. The lowest BCUT2D eigenvalue weighted by Crippen LogP contribution is -2.25. The summed E-state index contributed by atoms with van der Waals surface area (Å²) in [7, 11) is 1.59. The first-order valence-electron chi connectivity index (χ1n) is 8.85. The maximum atomic E-state index is 12.8. The van der Waals surface area contributed by atoms with Gasteiger partial charge in [0.15, 0.2) is 0 Å². The quantitative estimate of drug-likeness (QED) is 0.685. The molecule has 1 atom stereocenters. The molecule has 0 aliphatic carbocycles. The first kappa shape index (κ1) is 19.1. The fourth-order valence-corrected chi connectivity index (χ4v) is 3.21. The Morgan fingerprint density at radius 2 is 2.07 bits per heavy atom. The third kappa shape index (κ3) is 3.99. The number of nitrogens with one attached hydrogen (secondary N) is 2. The van der Waals surface area contributed by atoms with Crippen LogP contribution < -0.4 is 20.9 Å².